The quantitative estimate of drug-likeness (QED) is 0.831. The van der Waals surface area contributed by atoms with Crippen LogP contribution in [-0.2, 0) is 17.8 Å². The Balaban J connectivity index is 2.45. The van der Waals surface area contributed by atoms with Crippen LogP contribution in [0, 0.1) is 29.1 Å². The summed E-state index contributed by atoms with van der Waals surface area (Å²) in [4.78, 5) is 12.9. The van der Waals surface area contributed by atoms with Crippen LogP contribution >= 0.6 is 15.9 Å². The number of aryl methyl sites for hydroxylation is 2. The van der Waals surface area contributed by atoms with E-state index in [2.05, 4.69) is 27.1 Å². The van der Waals surface area contributed by atoms with Crippen molar-refractivity contribution in [1.82, 2.24) is 9.78 Å². The van der Waals surface area contributed by atoms with Gasteiger partial charge in [-0.3, -0.25) is 9.48 Å². The molecular weight excluding hydrogens is 330 g/mol. The first-order valence-electron chi connectivity index (χ1n) is 7.45. The van der Waals surface area contributed by atoms with Gasteiger partial charge in [0, 0.05) is 18.4 Å². The van der Waals surface area contributed by atoms with E-state index in [1.807, 2.05) is 32.4 Å². The molecule has 1 saturated carbocycles. The third-order valence-corrected chi connectivity index (χ3v) is 5.62. The lowest BCUT2D eigenvalue weighted by Gasteiger charge is -2.39. The van der Waals surface area contributed by atoms with Crippen molar-refractivity contribution in [2.45, 2.75) is 59.9 Å². The Hall–Kier alpha value is -1.15. The largest absolute Gasteiger partial charge is 0.297 e. The average molecular weight is 352 g/mol. The van der Waals surface area contributed by atoms with Gasteiger partial charge in [-0.2, -0.15) is 10.4 Å². The summed E-state index contributed by atoms with van der Waals surface area (Å²) >= 11 is 3.57. The van der Waals surface area contributed by atoms with Gasteiger partial charge >= 0.3 is 0 Å². The molecule has 2 rings (SSSR count). The standard InChI is InChI=1S/C16H22BrN3O/c1-5-20-12(13(17)11(2)19-20)9-16(10-18)8-6-7-15(3,4)14(16)21/h5-9H2,1-4H3. The Morgan fingerprint density at radius 1 is 1.43 bits per heavy atom. The highest BCUT2D eigenvalue weighted by Gasteiger charge is 2.49. The molecule has 1 aromatic heterocycles. The molecule has 0 N–H and O–H groups in total. The maximum Gasteiger partial charge on any atom is 0.159 e. The Bertz CT molecular complexity index is 612. The lowest BCUT2D eigenvalue weighted by atomic mass is 9.61. The summed E-state index contributed by atoms with van der Waals surface area (Å²) in [6.07, 6.45) is 2.87. The minimum atomic E-state index is -0.913. The molecule has 0 radical (unpaired) electrons. The molecule has 1 atom stereocenters. The van der Waals surface area contributed by atoms with Crippen LogP contribution < -0.4 is 0 Å². The molecule has 114 valence electrons. The normalized spacial score (nSPS) is 24.9. The molecule has 5 heteroatoms. The minimum absolute atomic E-state index is 0.0807. The topological polar surface area (TPSA) is 58.7 Å². The highest BCUT2D eigenvalue weighted by atomic mass is 79.9. The Kier molecular flexibility index (Phi) is 4.30. The molecule has 0 saturated heterocycles. The molecule has 1 aliphatic carbocycles. The number of aromatic nitrogens is 2. The van der Waals surface area contributed by atoms with E-state index >= 15 is 0 Å². The van der Waals surface area contributed by atoms with Gasteiger partial charge in [-0.05, 0) is 42.6 Å². The lowest BCUT2D eigenvalue weighted by molar-refractivity contribution is -0.138. The molecule has 0 amide bonds. The number of hydrogen-bond donors (Lipinski definition) is 0. The Morgan fingerprint density at radius 2 is 2.10 bits per heavy atom. The molecule has 4 nitrogen and oxygen atoms in total. The fraction of sp³-hybridized carbons (Fsp3) is 0.688. The fourth-order valence-corrected chi connectivity index (χ4v) is 3.77. The molecule has 1 heterocycles. The van der Waals surface area contributed by atoms with Crippen LogP contribution in [0.15, 0.2) is 4.47 Å². The van der Waals surface area contributed by atoms with Gasteiger partial charge in [0.25, 0.3) is 0 Å². The maximum absolute atomic E-state index is 12.9. The highest BCUT2D eigenvalue weighted by Crippen LogP contribution is 2.45. The summed E-state index contributed by atoms with van der Waals surface area (Å²) in [6.45, 7) is 8.61. The van der Waals surface area contributed by atoms with Gasteiger partial charge in [-0.25, -0.2) is 0 Å². The van der Waals surface area contributed by atoms with E-state index in [9.17, 15) is 10.1 Å². The summed E-state index contributed by atoms with van der Waals surface area (Å²) in [6, 6.07) is 2.35. The second-order valence-electron chi connectivity index (χ2n) is 6.60. The van der Waals surface area contributed by atoms with Gasteiger partial charge in [-0.1, -0.05) is 20.3 Å². The number of hydrogen-bond acceptors (Lipinski definition) is 3. The van der Waals surface area contributed by atoms with E-state index in [-0.39, 0.29) is 5.78 Å². The Morgan fingerprint density at radius 3 is 2.67 bits per heavy atom. The van der Waals surface area contributed by atoms with Gasteiger partial charge in [0.2, 0.25) is 0 Å². The first-order valence-corrected chi connectivity index (χ1v) is 8.24. The van der Waals surface area contributed by atoms with Crippen LogP contribution in [0.5, 0.6) is 0 Å². The third-order valence-electron chi connectivity index (χ3n) is 4.59. The van der Waals surface area contributed by atoms with E-state index in [0.29, 0.717) is 12.8 Å². The number of nitrogens with zero attached hydrogens (tertiary/aromatic N) is 3. The van der Waals surface area contributed by atoms with Crippen LogP contribution in [0.1, 0.15) is 51.4 Å². The van der Waals surface area contributed by atoms with E-state index < -0.39 is 10.8 Å². The highest BCUT2D eigenvalue weighted by molar-refractivity contribution is 9.10. The number of halogens is 1. The first kappa shape index (κ1) is 16.2. The zero-order valence-electron chi connectivity index (χ0n) is 13.2. The van der Waals surface area contributed by atoms with Crippen LogP contribution in [0.25, 0.3) is 0 Å². The number of rotatable bonds is 3. The average Bonchev–Trinajstić information content (AvgIpc) is 2.71. The van der Waals surface area contributed by atoms with Crippen molar-refractivity contribution in [2.24, 2.45) is 10.8 Å². The third kappa shape index (κ3) is 2.66. The number of carbonyl (C=O) groups is 1. The van der Waals surface area contributed by atoms with Crippen molar-refractivity contribution in [1.29, 1.82) is 5.26 Å². The van der Waals surface area contributed by atoms with E-state index in [4.69, 9.17) is 0 Å². The summed E-state index contributed by atoms with van der Waals surface area (Å²) in [7, 11) is 0. The SMILES string of the molecule is CCn1nc(C)c(Br)c1CC1(C#N)CCCC(C)(C)C1=O. The predicted molar refractivity (Wildman–Crippen MR) is 84.7 cm³/mol. The summed E-state index contributed by atoms with van der Waals surface area (Å²) in [5.41, 5.74) is 0.543. The van der Waals surface area contributed by atoms with Gasteiger partial charge < -0.3 is 0 Å². The van der Waals surface area contributed by atoms with Crippen molar-refractivity contribution >= 4 is 21.7 Å². The predicted octanol–water partition coefficient (Wildman–Crippen LogP) is 3.81. The second-order valence-corrected chi connectivity index (χ2v) is 7.39. The number of Topliss-reactive ketones (excluding diaryl/α,β-unsaturated/α-hetero) is 1. The summed E-state index contributed by atoms with van der Waals surface area (Å²) in [5, 5.41) is 14.2. The van der Waals surface area contributed by atoms with E-state index in [1.165, 1.54) is 0 Å². The lowest BCUT2D eigenvalue weighted by Crippen LogP contribution is -2.45. The molecule has 0 bridgehead atoms. The van der Waals surface area contributed by atoms with Crippen molar-refractivity contribution in [3.63, 3.8) is 0 Å². The smallest absolute Gasteiger partial charge is 0.159 e. The summed E-state index contributed by atoms with van der Waals surface area (Å²) in [5.74, 6) is 0.0807. The van der Waals surface area contributed by atoms with Crippen LogP contribution in [-0.4, -0.2) is 15.6 Å². The van der Waals surface area contributed by atoms with Crippen LogP contribution in [0.2, 0.25) is 0 Å². The van der Waals surface area contributed by atoms with E-state index in [0.717, 1.165) is 35.2 Å². The second kappa shape index (κ2) is 5.57. The number of carbonyl (C=O) groups excluding carboxylic acids is 1. The van der Waals surface area contributed by atoms with Crippen molar-refractivity contribution in [3.8, 4) is 6.07 Å². The van der Waals surface area contributed by atoms with Crippen LogP contribution in [0.3, 0.4) is 0 Å². The van der Waals surface area contributed by atoms with Crippen molar-refractivity contribution < 1.29 is 4.79 Å². The monoisotopic (exact) mass is 351 g/mol. The molecule has 1 unspecified atom stereocenters. The van der Waals surface area contributed by atoms with Gasteiger partial charge in [0.15, 0.2) is 5.78 Å². The molecule has 0 aromatic carbocycles. The zero-order valence-corrected chi connectivity index (χ0v) is 14.7. The molecule has 0 aliphatic heterocycles. The molecule has 1 aromatic rings. The van der Waals surface area contributed by atoms with Crippen molar-refractivity contribution in [2.75, 3.05) is 0 Å². The maximum atomic E-state index is 12.9. The minimum Gasteiger partial charge on any atom is -0.297 e. The summed E-state index contributed by atoms with van der Waals surface area (Å²) < 4.78 is 2.82. The van der Waals surface area contributed by atoms with Gasteiger partial charge in [0.1, 0.15) is 5.41 Å². The molecular formula is C16H22BrN3O. The number of nitriles is 1. The van der Waals surface area contributed by atoms with Gasteiger partial charge in [0.05, 0.1) is 21.9 Å². The first-order chi connectivity index (χ1) is 9.77. The number of ketones is 1. The Labute approximate surface area is 134 Å². The van der Waals surface area contributed by atoms with Crippen molar-refractivity contribution in [3.05, 3.63) is 15.9 Å². The van der Waals surface area contributed by atoms with E-state index in [1.54, 1.807) is 0 Å². The molecule has 21 heavy (non-hydrogen) atoms. The van der Waals surface area contributed by atoms with Crippen LogP contribution in [0.4, 0.5) is 0 Å². The van der Waals surface area contributed by atoms with Gasteiger partial charge in [-0.15, -0.1) is 0 Å². The zero-order chi connectivity index (χ0) is 15.8. The molecule has 1 aliphatic rings. The molecule has 1 fully saturated rings. The molecule has 0 spiro atoms. The fourth-order valence-electron chi connectivity index (χ4n) is 3.35.